The van der Waals surface area contributed by atoms with Crippen molar-refractivity contribution in [3.8, 4) is 11.5 Å². The topological polar surface area (TPSA) is 66.4 Å². The van der Waals surface area contributed by atoms with E-state index in [1.807, 2.05) is 60.7 Å². The van der Waals surface area contributed by atoms with Crippen molar-refractivity contribution in [3.63, 3.8) is 0 Å². The largest absolute Gasteiger partial charge is 0.493 e. The van der Waals surface area contributed by atoms with Gasteiger partial charge in [-0.2, -0.15) is 5.10 Å². The Balaban J connectivity index is 1.20. The number of methoxy groups -OCH3 is 1. The highest BCUT2D eigenvalue weighted by atomic mass is 35.5. The second-order valence-electron chi connectivity index (χ2n) is 8.66. The molecule has 0 aromatic heterocycles. The zero-order valence-electron chi connectivity index (χ0n) is 20.4. The molecule has 0 spiro atoms. The molecule has 0 atom stereocenters. The van der Waals surface area contributed by atoms with Gasteiger partial charge < -0.3 is 9.47 Å². The van der Waals surface area contributed by atoms with Gasteiger partial charge in [0.05, 0.1) is 19.9 Å². The third-order valence-electron chi connectivity index (χ3n) is 5.98. The summed E-state index contributed by atoms with van der Waals surface area (Å²) in [5.41, 5.74) is 5.75. The summed E-state index contributed by atoms with van der Waals surface area (Å²) in [4.78, 5) is 16.9. The lowest BCUT2D eigenvalue weighted by atomic mass is 10.2. The van der Waals surface area contributed by atoms with E-state index in [4.69, 9.17) is 21.1 Å². The zero-order chi connectivity index (χ0) is 25.2. The number of rotatable bonds is 10. The molecule has 1 aliphatic rings. The number of hydrogen-bond donors (Lipinski definition) is 1. The second-order valence-corrected chi connectivity index (χ2v) is 9.09. The molecule has 1 aliphatic heterocycles. The van der Waals surface area contributed by atoms with Crippen LogP contribution in [0.2, 0.25) is 5.02 Å². The van der Waals surface area contributed by atoms with Gasteiger partial charge in [0.1, 0.15) is 6.61 Å². The number of halogens is 1. The van der Waals surface area contributed by atoms with Crippen LogP contribution in [0.4, 0.5) is 0 Å². The summed E-state index contributed by atoms with van der Waals surface area (Å²) in [6.45, 7) is 5.17. The Bertz CT molecular complexity index is 1150. The van der Waals surface area contributed by atoms with Crippen LogP contribution in [-0.2, 0) is 17.9 Å². The molecular formula is C28H31ClN4O3. The van der Waals surface area contributed by atoms with E-state index in [1.165, 1.54) is 5.56 Å². The number of hydrazone groups is 1. The fourth-order valence-corrected chi connectivity index (χ4v) is 4.12. The predicted octanol–water partition coefficient (Wildman–Crippen LogP) is 4.20. The number of carbonyl (C=O) groups excluding carboxylic acids is 1. The quantitative estimate of drug-likeness (QED) is 0.330. The summed E-state index contributed by atoms with van der Waals surface area (Å²) in [5, 5.41) is 4.87. The van der Waals surface area contributed by atoms with Gasteiger partial charge in [-0.25, -0.2) is 5.43 Å². The van der Waals surface area contributed by atoms with Crippen molar-refractivity contribution < 1.29 is 14.3 Å². The van der Waals surface area contributed by atoms with Crippen LogP contribution < -0.4 is 14.9 Å². The Hall–Kier alpha value is -3.39. The van der Waals surface area contributed by atoms with Gasteiger partial charge in [-0.1, -0.05) is 54.1 Å². The summed E-state index contributed by atoms with van der Waals surface area (Å²) >= 11 is 5.97. The highest BCUT2D eigenvalue weighted by Gasteiger charge is 2.19. The molecule has 1 N–H and O–H groups in total. The molecule has 36 heavy (non-hydrogen) atoms. The first-order chi connectivity index (χ1) is 17.6. The number of piperazine rings is 1. The summed E-state index contributed by atoms with van der Waals surface area (Å²) < 4.78 is 11.4. The van der Waals surface area contributed by atoms with E-state index in [2.05, 4.69) is 32.5 Å². The minimum absolute atomic E-state index is 0.132. The van der Waals surface area contributed by atoms with Crippen molar-refractivity contribution in [1.82, 2.24) is 15.2 Å². The minimum atomic E-state index is -0.132. The smallest absolute Gasteiger partial charge is 0.254 e. The molecule has 8 heteroatoms. The van der Waals surface area contributed by atoms with Gasteiger partial charge in [0.15, 0.2) is 11.5 Å². The number of benzene rings is 3. The van der Waals surface area contributed by atoms with E-state index in [1.54, 1.807) is 13.3 Å². The van der Waals surface area contributed by atoms with Gasteiger partial charge >= 0.3 is 0 Å². The van der Waals surface area contributed by atoms with Gasteiger partial charge in [-0.05, 0) is 47.0 Å². The number of hydrogen-bond acceptors (Lipinski definition) is 6. The lowest BCUT2D eigenvalue weighted by molar-refractivity contribution is -0.122. The maximum Gasteiger partial charge on any atom is 0.254 e. The van der Waals surface area contributed by atoms with Crippen molar-refractivity contribution >= 4 is 23.7 Å². The number of ether oxygens (including phenoxy) is 2. The highest BCUT2D eigenvalue weighted by molar-refractivity contribution is 6.30. The zero-order valence-corrected chi connectivity index (χ0v) is 21.2. The maximum absolute atomic E-state index is 12.4. The lowest BCUT2D eigenvalue weighted by Crippen LogP contribution is -2.48. The Morgan fingerprint density at radius 3 is 2.39 bits per heavy atom. The fraction of sp³-hybridized carbons (Fsp3) is 0.286. The van der Waals surface area contributed by atoms with E-state index in [0.29, 0.717) is 24.7 Å². The van der Waals surface area contributed by atoms with Crippen molar-refractivity contribution in [1.29, 1.82) is 0 Å². The van der Waals surface area contributed by atoms with E-state index in [9.17, 15) is 4.79 Å². The van der Waals surface area contributed by atoms with Crippen LogP contribution in [0.3, 0.4) is 0 Å². The van der Waals surface area contributed by atoms with E-state index >= 15 is 0 Å². The molecule has 7 nitrogen and oxygen atoms in total. The summed E-state index contributed by atoms with van der Waals surface area (Å²) in [6, 6.07) is 23.4. The molecule has 0 aliphatic carbocycles. The molecule has 1 heterocycles. The maximum atomic E-state index is 12.4. The number of amides is 1. The molecule has 188 valence electrons. The number of carbonyl (C=O) groups is 1. The van der Waals surface area contributed by atoms with Crippen LogP contribution in [0.15, 0.2) is 77.9 Å². The number of nitrogens with one attached hydrogen (secondary N) is 1. The molecule has 3 aromatic carbocycles. The predicted molar refractivity (Wildman–Crippen MR) is 143 cm³/mol. The molecule has 1 fully saturated rings. The molecule has 0 unspecified atom stereocenters. The Morgan fingerprint density at radius 1 is 0.944 bits per heavy atom. The molecular weight excluding hydrogens is 476 g/mol. The molecule has 0 saturated carbocycles. The standard InChI is InChI=1S/C28H31ClN4O3/c1-35-27-17-24(9-12-26(27)36-21-23-5-3-2-4-6-23)18-30-31-28(34)20-33-15-13-32(14-16-33)19-22-7-10-25(29)11-8-22/h2-12,17-18H,13-16,19-21H2,1H3,(H,31,34)/b30-18-. The first-order valence-electron chi connectivity index (χ1n) is 11.9. The van der Waals surface area contributed by atoms with Crippen LogP contribution in [0.1, 0.15) is 16.7 Å². The van der Waals surface area contributed by atoms with Gasteiger partial charge in [0, 0.05) is 37.7 Å². The Kier molecular flexibility index (Phi) is 9.33. The van der Waals surface area contributed by atoms with Gasteiger partial charge in [-0.3, -0.25) is 14.6 Å². The third kappa shape index (κ3) is 7.81. The third-order valence-corrected chi connectivity index (χ3v) is 6.23. The van der Waals surface area contributed by atoms with Crippen LogP contribution in [-0.4, -0.2) is 61.8 Å². The normalized spacial score (nSPS) is 14.6. The van der Waals surface area contributed by atoms with Gasteiger partial charge in [0.2, 0.25) is 0 Å². The Morgan fingerprint density at radius 2 is 1.67 bits per heavy atom. The van der Waals surface area contributed by atoms with Crippen LogP contribution in [0.25, 0.3) is 0 Å². The Labute approximate surface area is 217 Å². The average molecular weight is 507 g/mol. The van der Waals surface area contributed by atoms with Crippen LogP contribution in [0, 0.1) is 0 Å². The first kappa shape index (κ1) is 25.7. The summed E-state index contributed by atoms with van der Waals surface area (Å²) in [6.07, 6.45) is 1.60. The monoisotopic (exact) mass is 506 g/mol. The van der Waals surface area contributed by atoms with Crippen molar-refractivity contribution in [2.24, 2.45) is 5.10 Å². The fourth-order valence-electron chi connectivity index (χ4n) is 3.99. The van der Waals surface area contributed by atoms with Crippen molar-refractivity contribution in [2.45, 2.75) is 13.2 Å². The SMILES string of the molecule is COc1cc(/C=N\NC(=O)CN2CCN(Cc3ccc(Cl)cc3)CC2)ccc1OCc1ccccc1. The number of nitrogens with zero attached hydrogens (tertiary/aromatic N) is 3. The molecule has 1 amide bonds. The molecule has 0 bridgehead atoms. The molecule has 1 saturated heterocycles. The lowest BCUT2D eigenvalue weighted by Gasteiger charge is -2.34. The van der Waals surface area contributed by atoms with Crippen LogP contribution in [0.5, 0.6) is 11.5 Å². The highest BCUT2D eigenvalue weighted by Crippen LogP contribution is 2.28. The minimum Gasteiger partial charge on any atom is -0.493 e. The molecule has 0 radical (unpaired) electrons. The summed E-state index contributed by atoms with van der Waals surface area (Å²) in [5.74, 6) is 1.13. The van der Waals surface area contributed by atoms with Gasteiger partial charge in [-0.15, -0.1) is 0 Å². The second kappa shape index (κ2) is 13.1. The van der Waals surface area contributed by atoms with Crippen molar-refractivity contribution in [3.05, 3.63) is 94.5 Å². The van der Waals surface area contributed by atoms with E-state index in [0.717, 1.165) is 48.9 Å². The van der Waals surface area contributed by atoms with E-state index in [-0.39, 0.29) is 5.91 Å². The van der Waals surface area contributed by atoms with Crippen LogP contribution >= 0.6 is 11.6 Å². The molecule has 3 aromatic rings. The molecule has 4 rings (SSSR count). The van der Waals surface area contributed by atoms with E-state index < -0.39 is 0 Å². The average Bonchev–Trinajstić information content (AvgIpc) is 2.91. The first-order valence-corrected chi connectivity index (χ1v) is 12.3. The van der Waals surface area contributed by atoms with Gasteiger partial charge in [0.25, 0.3) is 5.91 Å². The summed E-state index contributed by atoms with van der Waals surface area (Å²) in [7, 11) is 1.60. The van der Waals surface area contributed by atoms with Crippen molar-refractivity contribution in [2.75, 3.05) is 39.8 Å².